The van der Waals surface area contributed by atoms with Gasteiger partial charge >= 0.3 is 0 Å². The van der Waals surface area contributed by atoms with Crippen LogP contribution in [0.4, 0.5) is 0 Å². The molecule has 0 spiro atoms. The summed E-state index contributed by atoms with van der Waals surface area (Å²) in [5.74, 6) is 0.218. The first kappa shape index (κ1) is 13.6. The molecule has 1 heterocycles. The fraction of sp³-hybridized carbons (Fsp3) is 0.643. The molecule has 1 amide bonds. The summed E-state index contributed by atoms with van der Waals surface area (Å²) in [6.45, 7) is 2.76. The van der Waals surface area contributed by atoms with Crippen LogP contribution < -0.4 is 5.32 Å². The molecule has 1 fully saturated rings. The smallest absolute Gasteiger partial charge is 0.251 e. The van der Waals surface area contributed by atoms with E-state index >= 15 is 0 Å². The van der Waals surface area contributed by atoms with Gasteiger partial charge in [0.05, 0.1) is 0 Å². The van der Waals surface area contributed by atoms with Crippen molar-refractivity contribution in [3.05, 3.63) is 22.4 Å². The number of carbonyl (C=O) groups is 1. The van der Waals surface area contributed by atoms with E-state index in [0.29, 0.717) is 25.3 Å². The standard InChI is InChI=1S/C14H21NO2S/c1-11(9-12-5-4-8-18-12)10-15-13(16)14(17)6-2-3-7-14/h4-5,8,11,17H,2-3,6-7,9-10H2,1H3,(H,15,16). The largest absolute Gasteiger partial charge is 0.380 e. The average Bonchev–Trinajstić information content (AvgIpc) is 2.98. The molecular formula is C14H21NO2S. The lowest BCUT2D eigenvalue weighted by atomic mass is 10.0. The first-order chi connectivity index (χ1) is 8.60. The van der Waals surface area contributed by atoms with Gasteiger partial charge in [-0.1, -0.05) is 13.0 Å². The predicted octanol–water partition coefficient (Wildman–Crippen LogP) is 2.35. The number of carbonyl (C=O) groups excluding carboxylic acids is 1. The predicted molar refractivity (Wildman–Crippen MR) is 73.6 cm³/mol. The maximum absolute atomic E-state index is 11.9. The third-order valence-corrected chi connectivity index (χ3v) is 4.49. The van der Waals surface area contributed by atoms with Crippen molar-refractivity contribution in [1.82, 2.24) is 5.32 Å². The molecule has 0 radical (unpaired) electrons. The Hall–Kier alpha value is -0.870. The van der Waals surface area contributed by atoms with Gasteiger partial charge in [-0.25, -0.2) is 0 Å². The van der Waals surface area contributed by atoms with Gasteiger partial charge in [-0.15, -0.1) is 11.3 Å². The number of rotatable bonds is 5. The fourth-order valence-corrected chi connectivity index (χ4v) is 3.33. The molecule has 2 rings (SSSR count). The van der Waals surface area contributed by atoms with Gasteiger partial charge in [0, 0.05) is 11.4 Å². The SMILES string of the molecule is CC(CNC(=O)C1(O)CCCC1)Cc1cccs1. The minimum Gasteiger partial charge on any atom is -0.380 e. The lowest BCUT2D eigenvalue weighted by Gasteiger charge is -2.22. The van der Waals surface area contributed by atoms with E-state index in [1.54, 1.807) is 11.3 Å². The highest BCUT2D eigenvalue weighted by molar-refractivity contribution is 7.09. The molecule has 1 aromatic rings. The second-order valence-corrected chi connectivity index (χ2v) is 6.37. The number of amides is 1. The highest BCUT2D eigenvalue weighted by Gasteiger charge is 2.38. The second-order valence-electron chi connectivity index (χ2n) is 5.34. The van der Waals surface area contributed by atoms with Crippen molar-refractivity contribution in [1.29, 1.82) is 0 Å². The Kier molecular flexibility index (Phi) is 4.40. The third kappa shape index (κ3) is 3.33. The molecule has 100 valence electrons. The van der Waals surface area contributed by atoms with Crippen LogP contribution >= 0.6 is 11.3 Å². The van der Waals surface area contributed by atoms with Crippen LogP contribution in [0.1, 0.15) is 37.5 Å². The van der Waals surface area contributed by atoms with Gasteiger partial charge in [0.15, 0.2) is 0 Å². The van der Waals surface area contributed by atoms with Gasteiger partial charge in [0.25, 0.3) is 5.91 Å². The Labute approximate surface area is 112 Å². The van der Waals surface area contributed by atoms with Gasteiger partial charge in [-0.3, -0.25) is 4.79 Å². The van der Waals surface area contributed by atoms with E-state index in [-0.39, 0.29) is 5.91 Å². The van der Waals surface area contributed by atoms with Crippen LogP contribution in [0.25, 0.3) is 0 Å². The first-order valence-corrected chi connectivity index (χ1v) is 7.51. The van der Waals surface area contributed by atoms with E-state index in [1.807, 2.05) is 6.07 Å². The number of nitrogens with one attached hydrogen (secondary N) is 1. The molecule has 1 aliphatic carbocycles. The molecular weight excluding hydrogens is 246 g/mol. The lowest BCUT2D eigenvalue weighted by Crippen LogP contribution is -2.46. The number of thiophene rings is 1. The van der Waals surface area contributed by atoms with E-state index in [2.05, 4.69) is 23.7 Å². The molecule has 2 N–H and O–H groups in total. The van der Waals surface area contributed by atoms with E-state index < -0.39 is 5.60 Å². The summed E-state index contributed by atoms with van der Waals surface area (Å²) in [5, 5.41) is 15.1. The van der Waals surface area contributed by atoms with E-state index in [9.17, 15) is 9.90 Å². The maximum Gasteiger partial charge on any atom is 0.251 e. The van der Waals surface area contributed by atoms with Crippen molar-refractivity contribution in [2.45, 2.75) is 44.6 Å². The summed E-state index contributed by atoms with van der Waals surface area (Å²) in [7, 11) is 0. The van der Waals surface area contributed by atoms with Crippen LogP contribution in [0, 0.1) is 5.92 Å². The molecule has 0 aromatic carbocycles. The molecule has 1 saturated carbocycles. The van der Waals surface area contributed by atoms with Gasteiger partial charge < -0.3 is 10.4 Å². The van der Waals surface area contributed by atoms with Crippen LogP contribution in [-0.4, -0.2) is 23.2 Å². The molecule has 0 saturated heterocycles. The summed E-state index contributed by atoms with van der Waals surface area (Å²) >= 11 is 1.75. The topological polar surface area (TPSA) is 49.3 Å². The molecule has 1 unspecified atom stereocenters. The van der Waals surface area contributed by atoms with Gasteiger partial charge in [0.2, 0.25) is 0 Å². The first-order valence-electron chi connectivity index (χ1n) is 6.63. The Morgan fingerprint density at radius 3 is 2.89 bits per heavy atom. The van der Waals surface area contributed by atoms with Crippen molar-refractivity contribution in [3.63, 3.8) is 0 Å². The highest BCUT2D eigenvalue weighted by Crippen LogP contribution is 2.29. The number of aliphatic hydroxyl groups is 1. The molecule has 18 heavy (non-hydrogen) atoms. The van der Waals surface area contributed by atoms with Gasteiger partial charge in [0.1, 0.15) is 5.60 Å². The fourth-order valence-electron chi connectivity index (χ4n) is 2.46. The molecule has 1 aliphatic rings. The van der Waals surface area contributed by atoms with Crippen molar-refractivity contribution >= 4 is 17.2 Å². The zero-order chi connectivity index (χ0) is 13.0. The quantitative estimate of drug-likeness (QED) is 0.860. The summed E-state index contributed by atoms with van der Waals surface area (Å²) in [6, 6.07) is 4.17. The van der Waals surface area contributed by atoms with Crippen molar-refractivity contribution in [2.75, 3.05) is 6.54 Å². The summed E-state index contributed by atoms with van der Waals surface area (Å²) < 4.78 is 0. The minimum absolute atomic E-state index is 0.182. The molecule has 4 heteroatoms. The number of hydrogen-bond donors (Lipinski definition) is 2. The van der Waals surface area contributed by atoms with Crippen LogP contribution in [0.2, 0.25) is 0 Å². The summed E-state index contributed by atoms with van der Waals surface area (Å²) in [6.07, 6.45) is 4.11. The van der Waals surface area contributed by atoms with Gasteiger partial charge in [-0.2, -0.15) is 0 Å². The van der Waals surface area contributed by atoms with Crippen molar-refractivity contribution in [2.24, 2.45) is 5.92 Å². The van der Waals surface area contributed by atoms with Crippen molar-refractivity contribution in [3.8, 4) is 0 Å². The zero-order valence-electron chi connectivity index (χ0n) is 10.8. The highest BCUT2D eigenvalue weighted by atomic mass is 32.1. The summed E-state index contributed by atoms with van der Waals surface area (Å²) in [4.78, 5) is 13.3. The normalized spacial score (nSPS) is 19.7. The maximum atomic E-state index is 11.9. The van der Waals surface area contributed by atoms with Crippen LogP contribution in [0.15, 0.2) is 17.5 Å². The second kappa shape index (κ2) is 5.85. The zero-order valence-corrected chi connectivity index (χ0v) is 11.6. The van der Waals surface area contributed by atoms with Gasteiger partial charge in [-0.05, 0) is 49.5 Å². The molecule has 0 bridgehead atoms. The minimum atomic E-state index is -1.09. The van der Waals surface area contributed by atoms with Crippen molar-refractivity contribution < 1.29 is 9.90 Å². The Morgan fingerprint density at radius 1 is 1.56 bits per heavy atom. The lowest BCUT2D eigenvalue weighted by molar-refractivity contribution is -0.139. The Balaban J connectivity index is 1.75. The van der Waals surface area contributed by atoms with E-state index in [4.69, 9.17) is 0 Å². The van der Waals surface area contributed by atoms with Crippen LogP contribution in [-0.2, 0) is 11.2 Å². The Morgan fingerprint density at radius 2 is 2.28 bits per heavy atom. The summed E-state index contributed by atoms with van der Waals surface area (Å²) in [5.41, 5.74) is -1.09. The monoisotopic (exact) mass is 267 g/mol. The third-order valence-electron chi connectivity index (χ3n) is 3.59. The van der Waals surface area contributed by atoms with E-state index in [1.165, 1.54) is 4.88 Å². The molecule has 3 nitrogen and oxygen atoms in total. The van der Waals surface area contributed by atoms with Crippen LogP contribution in [0.3, 0.4) is 0 Å². The van der Waals surface area contributed by atoms with E-state index in [0.717, 1.165) is 19.3 Å². The average molecular weight is 267 g/mol. The Bertz CT molecular complexity index is 383. The molecule has 1 aromatic heterocycles. The molecule has 0 aliphatic heterocycles. The molecule has 1 atom stereocenters. The van der Waals surface area contributed by atoms with Crippen LogP contribution in [0.5, 0.6) is 0 Å². The number of hydrogen-bond acceptors (Lipinski definition) is 3.